The molecular formula is C20H17N3O4S. The minimum absolute atomic E-state index is 0.564. The quantitative estimate of drug-likeness (QED) is 0.504. The lowest BCUT2D eigenvalue weighted by molar-refractivity contribution is 0.355. The van der Waals surface area contributed by atoms with Gasteiger partial charge in [0.15, 0.2) is 11.5 Å². The molecule has 0 spiro atoms. The van der Waals surface area contributed by atoms with E-state index in [1.54, 1.807) is 26.8 Å². The van der Waals surface area contributed by atoms with Crippen molar-refractivity contribution in [2.24, 2.45) is 4.99 Å². The molecule has 0 aliphatic carbocycles. The second-order valence-electron chi connectivity index (χ2n) is 5.76. The van der Waals surface area contributed by atoms with Crippen molar-refractivity contribution in [3.63, 3.8) is 0 Å². The summed E-state index contributed by atoms with van der Waals surface area (Å²) in [4.78, 5) is 4.64. The molecule has 7 nitrogen and oxygen atoms in total. The lowest BCUT2D eigenvalue weighted by Gasteiger charge is -2.10. The maximum atomic E-state index is 6.14. The summed E-state index contributed by atoms with van der Waals surface area (Å²) in [5.41, 5.74) is 3.16. The second kappa shape index (κ2) is 7.69. The standard InChI is InChI=1S/C20H17N3O4S/c1-24-13-5-7-16-14(9-13)15(22-20-23-21-11-28-20)10-18(27-16)12-4-6-17(25-2)19(8-12)26-3/h4-11H,1-3H3/b22-15+. The van der Waals surface area contributed by atoms with E-state index in [1.807, 2.05) is 42.5 Å². The van der Waals surface area contributed by atoms with Gasteiger partial charge >= 0.3 is 0 Å². The first-order chi connectivity index (χ1) is 13.7. The van der Waals surface area contributed by atoms with Crippen molar-refractivity contribution in [1.82, 2.24) is 10.2 Å². The largest absolute Gasteiger partial charge is 0.497 e. The molecule has 0 aliphatic heterocycles. The lowest BCUT2D eigenvalue weighted by Crippen LogP contribution is -2.03. The van der Waals surface area contributed by atoms with E-state index in [2.05, 4.69) is 15.2 Å². The highest BCUT2D eigenvalue weighted by Gasteiger charge is 2.11. The second-order valence-corrected chi connectivity index (χ2v) is 6.57. The Balaban J connectivity index is 1.96. The van der Waals surface area contributed by atoms with Gasteiger partial charge in [0.25, 0.3) is 0 Å². The zero-order valence-corrected chi connectivity index (χ0v) is 16.3. The van der Waals surface area contributed by atoms with Crippen LogP contribution in [0.15, 0.2) is 57.4 Å². The smallest absolute Gasteiger partial charge is 0.231 e. The molecule has 4 aromatic rings. The normalized spacial score (nSPS) is 11.6. The first-order valence-corrected chi connectivity index (χ1v) is 9.25. The van der Waals surface area contributed by atoms with Crippen molar-refractivity contribution in [3.05, 3.63) is 53.3 Å². The molecule has 0 radical (unpaired) electrons. The molecule has 0 bridgehead atoms. The monoisotopic (exact) mass is 395 g/mol. The summed E-state index contributed by atoms with van der Waals surface area (Å²) in [5, 5.41) is 9.96. The van der Waals surface area contributed by atoms with Crippen LogP contribution in [0.2, 0.25) is 0 Å². The van der Waals surface area contributed by atoms with Crippen molar-refractivity contribution in [2.75, 3.05) is 21.3 Å². The van der Waals surface area contributed by atoms with Crippen LogP contribution in [0.1, 0.15) is 0 Å². The van der Waals surface area contributed by atoms with Crippen molar-refractivity contribution in [2.45, 2.75) is 0 Å². The zero-order valence-electron chi connectivity index (χ0n) is 15.5. The van der Waals surface area contributed by atoms with Gasteiger partial charge in [-0.25, -0.2) is 4.99 Å². The van der Waals surface area contributed by atoms with Gasteiger partial charge in [-0.15, -0.1) is 10.2 Å². The number of fused-ring (bicyclic) bond motifs is 1. The van der Waals surface area contributed by atoms with Crippen LogP contribution >= 0.6 is 11.3 Å². The maximum Gasteiger partial charge on any atom is 0.231 e. The minimum Gasteiger partial charge on any atom is -0.497 e. The highest BCUT2D eigenvalue weighted by molar-refractivity contribution is 7.13. The van der Waals surface area contributed by atoms with Crippen LogP contribution in [0.4, 0.5) is 5.13 Å². The number of rotatable bonds is 5. The number of nitrogens with zero attached hydrogens (tertiary/aromatic N) is 3. The number of benzene rings is 2. The van der Waals surface area contributed by atoms with E-state index in [0.717, 1.165) is 16.7 Å². The zero-order chi connectivity index (χ0) is 19.5. The van der Waals surface area contributed by atoms with Crippen molar-refractivity contribution >= 4 is 27.4 Å². The molecule has 0 amide bonds. The van der Waals surface area contributed by atoms with E-state index in [9.17, 15) is 0 Å². The van der Waals surface area contributed by atoms with E-state index < -0.39 is 0 Å². The van der Waals surface area contributed by atoms with E-state index in [1.165, 1.54) is 11.3 Å². The molecule has 0 fully saturated rings. The van der Waals surface area contributed by atoms with Crippen molar-refractivity contribution in [1.29, 1.82) is 0 Å². The number of ether oxygens (including phenoxy) is 3. The molecule has 2 heterocycles. The molecule has 142 valence electrons. The topological polar surface area (TPSA) is 79.0 Å². The fraction of sp³-hybridized carbons (Fsp3) is 0.150. The fourth-order valence-electron chi connectivity index (χ4n) is 2.82. The van der Waals surface area contributed by atoms with Crippen LogP contribution in [0.3, 0.4) is 0 Å². The number of hydrogen-bond acceptors (Lipinski definition) is 8. The van der Waals surface area contributed by atoms with Gasteiger partial charge in [0, 0.05) is 17.0 Å². The van der Waals surface area contributed by atoms with Gasteiger partial charge in [0.2, 0.25) is 5.13 Å². The predicted molar refractivity (Wildman–Crippen MR) is 106 cm³/mol. The Morgan fingerprint density at radius 3 is 2.50 bits per heavy atom. The average Bonchev–Trinajstić information content (AvgIpc) is 3.25. The van der Waals surface area contributed by atoms with Gasteiger partial charge in [-0.05, 0) is 36.4 Å². The average molecular weight is 395 g/mol. The summed E-state index contributed by atoms with van der Waals surface area (Å²) in [6, 6.07) is 13.1. The van der Waals surface area contributed by atoms with Gasteiger partial charge in [-0.3, -0.25) is 0 Å². The summed E-state index contributed by atoms with van der Waals surface area (Å²) in [6.07, 6.45) is 0. The molecule has 0 N–H and O–H groups in total. The molecule has 28 heavy (non-hydrogen) atoms. The number of methoxy groups -OCH3 is 3. The van der Waals surface area contributed by atoms with Crippen LogP contribution in [-0.2, 0) is 0 Å². The molecule has 2 aromatic carbocycles. The SMILES string of the molecule is COc1ccc2oc(-c3ccc(OC)c(OC)c3)c/c(=N\c3nncs3)c2c1. The Hall–Kier alpha value is -3.39. The minimum atomic E-state index is 0.564. The number of hydrogen-bond donors (Lipinski definition) is 0. The third kappa shape index (κ3) is 3.41. The first-order valence-electron chi connectivity index (χ1n) is 8.37. The Morgan fingerprint density at radius 2 is 1.79 bits per heavy atom. The molecular weight excluding hydrogens is 378 g/mol. The first kappa shape index (κ1) is 18.0. The van der Waals surface area contributed by atoms with Gasteiger partial charge < -0.3 is 18.6 Å². The van der Waals surface area contributed by atoms with Crippen LogP contribution in [-0.4, -0.2) is 31.5 Å². The Labute approximate surface area is 164 Å². The van der Waals surface area contributed by atoms with Crippen molar-refractivity contribution in [3.8, 4) is 28.6 Å². The molecule has 8 heteroatoms. The Kier molecular flexibility index (Phi) is 4.94. The van der Waals surface area contributed by atoms with E-state index in [0.29, 0.717) is 33.3 Å². The van der Waals surface area contributed by atoms with Crippen LogP contribution < -0.4 is 19.6 Å². The highest BCUT2D eigenvalue weighted by Crippen LogP contribution is 2.33. The Bertz CT molecular complexity index is 1190. The van der Waals surface area contributed by atoms with E-state index in [-0.39, 0.29) is 0 Å². The predicted octanol–water partition coefficient (Wildman–Crippen LogP) is 4.21. The molecule has 2 aromatic heterocycles. The molecule has 0 atom stereocenters. The van der Waals surface area contributed by atoms with Crippen molar-refractivity contribution < 1.29 is 18.6 Å². The molecule has 0 aliphatic rings. The number of aromatic nitrogens is 2. The molecule has 0 unspecified atom stereocenters. The van der Waals surface area contributed by atoms with Crippen LogP contribution in [0.5, 0.6) is 17.2 Å². The third-order valence-electron chi connectivity index (χ3n) is 4.18. The highest BCUT2D eigenvalue weighted by atomic mass is 32.1. The van der Waals surface area contributed by atoms with Gasteiger partial charge in [-0.2, -0.15) is 0 Å². The summed E-state index contributed by atoms with van der Waals surface area (Å²) in [5.74, 6) is 2.63. The molecule has 0 saturated heterocycles. The van der Waals surface area contributed by atoms with Gasteiger partial charge in [0.05, 0.1) is 26.7 Å². The third-order valence-corrected chi connectivity index (χ3v) is 4.77. The lowest BCUT2D eigenvalue weighted by atomic mass is 10.1. The van der Waals surface area contributed by atoms with E-state index >= 15 is 0 Å². The van der Waals surface area contributed by atoms with Gasteiger partial charge in [-0.1, -0.05) is 11.3 Å². The summed E-state index contributed by atoms with van der Waals surface area (Å²) >= 11 is 1.36. The maximum absolute atomic E-state index is 6.14. The van der Waals surface area contributed by atoms with E-state index in [4.69, 9.17) is 18.6 Å². The molecule has 4 rings (SSSR count). The fourth-order valence-corrected chi connectivity index (χ4v) is 3.25. The summed E-state index contributed by atoms with van der Waals surface area (Å²) in [6.45, 7) is 0. The van der Waals surface area contributed by atoms with Crippen LogP contribution in [0, 0.1) is 0 Å². The van der Waals surface area contributed by atoms with Crippen LogP contribution in [0.25, 0.3) is 22.3 Å². The summed E-state index contributed by atoms with van der Waals surface area (Å²) < 4.78 is 22.2. The Morgan fingerprint density at radius 1 is 0.929 bits per heavy atom. The molecule has 0 saturated carbocycles. The summed E-state index contributed by atoms with van der Waals surface area (Å²) in [7, 11) is 4.82. The van der Waals surface area contributed by atoms with Gasteiger partial charge in [0.1, 0.15) is 22.6 Å².